The Labute approximate surface area is 115 Å². The van der Waals surface area contributed by atoms with Crippen molar-refractivity contribution < 1.29 is 23.1 Å². The van der Waals surface area contributed by atoms with Crippen LogP contribution in [0, 0.1) is 0 Å². The first-order valence-electron chi connectivity index (χ1n) is 5.68. The average Bonchev–Trinajstić information content (AvgIpc) is 2.62. The first kappa shape index (κ1) is 15.4. The fraction of sp³-hybridized carbons (Fsp3) is 0.900. The third-order valence-electron chi connectivity index (χ3n) is 2.51. The zero-order chi connectivity index (χ0) is 13.1. The summed E-state index contributed by atoms with van der Waals surface area (Å²) in [6.45, 7) is 5.92. The Morgan fingerprint density at radius 2 is 2.00 bits per heavy atom. The number of carbonyl (C=O) groups excluding carboxylic acids is 1. The molecule has 1 rings (SSSR count). The van der Waals surface area contributed by atoms with Crippen LogP contribution >= 0.6 is 30.2 Å². The van der Waals surface area contributed by atoms with E-state index >= 15 is 0 Å². The summed E-state index contributed by atoms with van der Waals surface area (Å²) in [5.74, 6) is -0.469. The van der Waals surface area contributed by atoms with Crippen LogP contribution in [-0.2, 0) is 23.1 Å². The quantitative estimate of drug-likeness (QED) is 0.309. The molecular weight excluding hydrogens is 358 g/mol. The zero-order valence-electron chi connectivity index (χ0n) is 10.2. The Kier molecular flexibility index (Phi) is 5.89. The van der Waals surface area contributed by atoms with Gasteiger partial charge in [0.05, 0.1) is 13.2 Å². The van der Waals surface area contributed by atoms with Gasteiger partial charge in [-0.1, -0.05) is 22.6 Å². The summed E-state index contributed by atoms with van der Waals surface area (Å²) in [5.41, 5.74) is -0.774. The highest BCUT2D eigenvalue weighted by atomic mass is 127. The first-order valence-corrected chi connectivity index (χ1v) is 8.53. The molecular formula is C10H18IO5P. The lowest BCUT2D eigenvalue weighted by molar-refractivity contribution is -0.141. The molecule has 1 unspecified atom stereocenters. The normalized spacial score (nSPS) is 26.9. The minimum Gasteiger partial charge on any atom is -0.461 e. The van der Waals surface area contributed by atoms with Crippen molar-refractivity contribution in [2.24, 2.45) is 0 Å². The molecule has 100 valence electrons. The van der Waals surface area contributed by atoms with Crippen molar-refractivity contribution in [3.05, 3.63) is 0 Å². The van der Waals surface area contributed by atoms with Crippen molar-refractivity contribution in [2.75, 3.05) is 13.2 Å². The Morgan fingerprint density at radius 3 is 2.35 bits per heavy atom. The summed E-state index contributed by atoms with van der Waals surface area (Å²) < 4.78 is 28.2. The van der Waals surface area contributed by atoms with Crippen LogP contribution in [0.5, 0.6) is 0 Å². The van der Waals surface area contributed by atoms with Crippen LogP contribution in [0.2, 0.25) is 0 Å². The number of alkyl halides is 1. The molecule has 0 amide bonds. The second-order valence-electron chi connectivity index (χ2n) is 3.78. The monoisotopic (exact) mass is 376 g/mol. The summed E-state index contributed by atoms with van der Waals surface area (Å²) in [6.07, 6.45) is 0.197. The standard InChI is InChI=1S/C10H18IO5P/c1-4-14-17(13,15-5-2)9-6-8(7(3)11)16-10(9)12/h7-9H,4-6H2,1-3H3/t7-,8+,9?/m1/s1. The predicted octanol–water partition coefficient (Wildman–Crippen LogP) is 2.76. The number of carbonyl (C=O) groups is 1. The van der Waals surface area contributed by atoms with Gasteiger partial charge < -0.3 is 13.8 Å². The third-order valence-corrected chi connectivity index (χ3v) is 5.73. The van der Waals surface area contributed by atoms with Gasteiger partial charge in [0, 0.05) is 10.3 Å². The molecule has 17 heavy (non-hydrogen) atoms. The molecule has 1 fully saturated rings. The predicted molar refractivity (Wildman–Crippen MR) is 72.6 cm³/mol. The lowest BCUT2D eigenvalue weighted by Gasteiger charge is -2.20. The molecule has 3 atom stereocenters. The summed E-state index contributed by atoms with van der Waals surface area (Å²) in [5, 5.41) is 0. The van der Waals surface area contributed by atoms with Gasteiger partial charge in [0.15, 0.2) is 5.66 Å². The van der Waals surface area contributed by atoms with Crippen LogP contribution in [0.4, 0.5) is 0 Å². The molecule has 0 spiro atoms. The van der Waals surface area contributed by atoms with Gasteiger partial charge in [0.2, 0.25) is 0 Å². The lowest BCUT2D eigenvalue weighted by Crippen LogP contribution is -2.18. The Balaban J connectivity index is 2.82. The Bertz CT molecular complexity index is 310. The molecule has 1 aliphatic heterocycles. The van der Waals surface area contributed by atoms with E-state index in [1.165, 1.54) is 0 Å². The molecule has 0 N–H and O–H groups in total. The number of ether oxygens (including phenoxy) is 1. The second-order valence-corrected chi connectivity index (χ2v) is 7.96. The van der Waals surface area contributed by atoms with Crippen molar-refractivity contribution in [3.63, 3.8) is 0 Å². The summed E-state index contributed by atoms with van der Waals surface area (Å²) in [4.78, 5) is 11.7. The Morgan fingerprint density at radius 1 is 1.47 bits per heavy atom. The molecule has 0 aromatic rings. The topological polar surface area (TPSA) is 61.8 Å². The van der Waals surface area contributed by atoms with Gasteiger partial charge >= 0.3 is 13.6 Å². The van der Waals surface area contributed by atoms with E-state index < -0.39 is 19.2 Å². The van der Waals surface area contributed by atoms with Crippen molar-refractivity contribution >= 4 is 36.2 Å². The largest absolute Gasteiger partial charge is 0.461 e. The maximum atomic E-state index is 12.4. The average molecular weight is 376 g/mol. The highest BCUT2D eigenvalue weighted by Crippen LogP contribution is 2.57. The van der Waals surface area contributed by atoms with Crippen LogP contribution in [-0.4, -0.2) is 34.9 Å². The smallest absolute Gasteiger partial charge is 0.345 e. The molecule has 0 saturated carbocycles. The Hall–Kier alpha value is 0.350. The summed E-state index contributed by atoms with van der Waals surface area (Å²) in [6, 6.07) is 0. The molecule has 1 saturated heterocycles. The van der Waals surface area contributed by atoms with Crippen molar-refractivity contribution in [2.45, 2.75) is 42.9 Å². The molecule has 0 aromatic carbocycles. The van der Waals surface area contributed by atoms with E-state index in [0.717, 1.165) is 0 Å². The molecule has 0 bridgehead atoms. The maximum absolute atomic E-state index is 12.4. The van der Waals surface area contributed by atoms with Crippen LogP contribution in [0.3, 0.4) is 0 Å². The summed E-state index contributed by atoms with van der Waals surface area (Å²) >= 11 is 2.19. The number of halogens is 1. The number of rotatable bonds is 6. The molecule has 1 aliphatic rings. The van der Waals surface area contributed by atoms with Gasteiger partial charge in [0.1, 0.15) is 6.10 Å². The number of cyclic esters (lactones) is 1. The van der Waals surface area contributed by atoms with Gasteiger partial charge in [-0.15, -0.1) is 0 Å². The molecule has 0 aliphatic carbocycles. The fourth-order valence-electron chi connectivity index (χ4n) is 1.71. The fourth-order valence-corrected chi connectivity index (χ4v) is 4.09. The number of hydrogen-bond acceptors (Lipinski definition) is 5. The molecule has 0 aromatic heterocycles. The van der Waals surface area contributed by atoms with Gasteiger partial charge in [-0.2, -0.15) is 0 Å². The molecule has 7 heteroatoms. The minimum absolute atomic E-state index is 0.179. The van der Waals surface area contributed by atoms with E-state index in [0.29, 0.717) is 6.42 Å². The summed E-state index contributed by atoms with van der Waals surface area (Å²) in [7, 11) is -3.38. The van der Waals surface area contributed by atoms with Crippen molar-refractivity contribution in [1.29, 1.82) is 0 Å². The van der Waals surface area contributed by atoms with E-state index in [1.807, 2.05) is 6.92 Å². The van der Waals surface area contributed by atoms with Crippen LogP contribution in [0.1, 0.15) is 27.2 Å². The minimum atomic E-state index is -3.38. The SMILES string of the molecule is CCOP(=O)(OCC)C1C[C@@H]([C@@H](C)I)OC1=O. The molecule has 0 radical (unpaired) electrons. The van der Waals surface area contributed by atoms with Crippen LogP contribution in [0.15, 0.2) is 0 Å². The van der Waals surface area contributed by atoms with E-state index in [4.69, 9.17) is 13.8 Å². The van der Waals surface area contributed by atoms with Crippen LogP contribution in [0.25, 0.3) is 0 Å². The van der Waals surface area contributed by atoms with Gasteiger partial charge in [-0.25, -0.2) is 0 Å². The second kappa shape index (κ2) is 6.50. The van der Waals surface area contributed by atoms with E-state index in [2.05, 4.69) is 22.6 Å². The third kappa shape index (κ3) is 3.66. The highest BCUT2D eigenvalue weighted by molar-refractivity contribution is 14.1. The highest BCUT2D eigenvalue weighted by Gasteiger charge is 2.49. The first-order chi connectivity index (χ1) is 7.94. The van der Waals surface area contributed by atoms with Gasteiger partial charge in [0.25, 0.3) is 0 Å². The van der Waals surface area contributed by atoms with E-state index in [9.17, 15) is 9.36 Å². The van der Waals surface area contributed by atoms with Crippen molar-refractivity contribution in [3.8, 4) is 0 Å². The van der Waals surface area contributed by atoms with E-state index in [1.54, 1.807) is 13.8 Å². The zero-order valence-corrected chi connectivity index (χ0v) is 13.3. The molecule has 5 nitrogen and oxygen atoms in total. The van der Waals surface area contributed by atoms with Crippen molar-refractivity contribution in [1.82, 2.24) is 0 Å². The lowest BCUT2D eigenvalue weighted by atomic mass is 10.2. The number of esters is 1. The number of hydrogen-bond donors (Lipinski definition) is 0. The van der Waals surface area contributed by atoms with E-state index in [-0.39, 0.29) is 23.2 Å². The maximum Gasteiger partial charge on any atom is 0.345 e. The van der Waals surface area contributed by atoms with Crippen LogP contribution < -0.4 is 0 Å². The van der Waals surface area contributed by atoms with Gasteiger partial charge in [-0.3, -0.25) is 9.36 Å². The van der Waals surface area contributed by atoms with Gasteiger partial charge in [-0.05, 0) is 20.8 Å². The molecule has 1 heterocycles.